The molecule has 0 saturated heterocycles. The highest BCUT2D eigenvalue weighted by atomic mass is 79.9. The Hall–Kier alpha value is -0.840. The molecule has 2 heterocycles. The highest BCUT2D eigenvalue weighted by Crippen LogP contribution is 2.36. The lowest BCUT2D eigenvalue weighted by molar-refractivity contribution is 0.246. The summed E-state index contributed by atoms with van der Waals surface area (Å²) in [7, 11) is 0. The Labute approximate surface area is 138 Å². The lowest BCUT2D eigenvalue weighted by atomic mass is 9.98. The van der Waals surface area contributed by atoms with Gasteiger partial charge in [-0.3, -0.25) is 0 Å². The zero-order chi connectivity index (χ0) is 15.0. The molecule has 1 aliphatic heterocycles. The first kappa shape index (κ1) is 15.1. The summed E-state index contributed by atoms with van der Waals surface area (Å²) in [5, 5.41) is 3.78. The van der Waals surface area contributed by atoms with E-state index in [1.165, 1.54) is 20.9 Å². The van der Waals surface area contributed by atoms with E-state index in [0.29, 0.717) is 12.1 Å². The summed E-state index contributed by atoms with van der Waals surface area (Å²) >= 11 is 5.44. The van der Waals surface area contributed by atoms with Gasteiger partial charge in [0.1, 0.15) is 5.75 Å². The minimum Gasteiger partial charge on any atom is -0.493 e. The molecule has 1 aliphatic rings. The SMILES string of the molecule is Cc1cc(C(C)NC2CCOc3ccc(Br)cc32)c(C)s1. The number of nitrogens with one attached hydrogen (secondary N) is 1. The van der Waals surface area contributed by atoms with Gasteiger partial charge in [0, 0.05) is 38.3 Å². The van der Waals surface area contributed by atoms with E-state index in [1.807, 2.05) is 17.4 Å². The van der Waals surface area contributed by atoms with Crippen molar-refractivity contribution in [3.05, 3.63) is 49.6 Å². The molecular formula is C17H20BrNOS. The fourth-order valence-corrected chi connectivity index (χ4v) is 4.41. The molecule has 0 aliphatic carbocycles. The van der Waals surface area contributed by atoms with E-state index in [9.17, 15) is 0 Å². The van der Waals surface area contributed by atoms with Gasteiger partial charge in [-0.05, 0) is 50.6 Å². The maximum absolute atomic E-state index is 5.77. The third-order valence-corrected chi connectivity index (χ3v) is 5.48. The average Bonchev–Trinajstić information content (AvgIpc) is 2.78. The number of ether oxygens (including phenoxy) is 1. The summed E-state index contributed by atoms with van der Waals surface area (Å²) in [4.78, 5) is 2.79. The van der Waals surface area contributed by atoms with Crippen LogP contribution in [-0.4, -0.2) is 6.61 Å². The number of benzene rings is 1. The van der Waals surface area contributed by atoms with Crippen LogP contribution in [0.15, 0.2) is 28.7 Å². The van der Waals surface area contributed by atoms with Crippen LogP contribution in [0.2, 0.25) is 0 Å². The second-order valence-corrected chi connectivity index (χ2v) is 8.00. The summed E-state index contributed by atoms with van der Waals surface area (Å²) in [5.74, 6) is 1.01. The first-order valence-corrected chi connectivity index (χ1v) is 8.91. The molecule has 2 aromatic rings. The van der Waals surface area contributed by atoms with E-state index < -0.39 is 0 Å². The van der Waals surface area contributed by atoms with Crippen molar-refractivity contribution in [2.24, 2.45) is 0 Å². The normalized spacial score (nSPS) is 19.0. The summed E-state index contributed by atoms with van der Waals surface area (Å²) in [6.45, 7) is 7.41. The predicted octanol–water partition coefficient (Wildman–Crippen LogP) is 5.30. The molecule has 2 nitrogen and oxygen atoms in total. The Morgan fingerprint density at radius 3 is 2.86 bits per heavy atom. The lowest BCUT2D eigenvalue weighted by Crippen LogP contribution is -2.29. The van der Waals surface area contributed by atoms with Gasteiger partial charge in [-0.25, -0.2) is 0 Å². The van der Waals surface area contributed by atoms with Crippen molar-refractivity contribution in [1.82, 2.24) is 5.32 Å². The van der Waals surface area contributed by atoms with E-state index >= 15 is 0 Å². The minimum absolute atomic E-state index is 0.348. The zero-order valence-corrected chi connectivity index (χ0v) is 15.0. The van der Waals surface area contributed by atoms with Gasteiger partial charge in [-0.1, -0.05) is 15.9 Å². The molecule has 2 atom stereocenters. The molecule has 3 rings (SSSR count). The van der Waals surface area contributed by atoms with Crippen molar-refractivity contribution >= 4 is 27.3 Å². The van der Waals surface area contributed by atoms with Crippen molar-refractivity contribution in [2.75, 3.05) is 6.61 Å². The topological polar surface area (TPSA) is 21.3 Å². The van der Waals surface area contributed by atoms with Gasteiger partial charge in [0.05, 0.1) is 6.61 Å². The van der Waals surface area contributed by atoms with Crippen molar-refractivity contribution < 1.29 is 4.74 Å². The number of aryl methyl sites for hydroxylation is 2. The summed E-state index contributed by atoms with van der Waals surface area (Å²) in [5.41, 5.74) is 2.67. The molecule has 112 valence electrons. The molecule has 0 amide bonds. The Morgan fingerprint density at radius 1 is 1.33 bits per heavy atom. The maximum atomic E-state index is 5.77. The van der Waals surface area contributed by atoms with Crippen molar-refractivity contribution in [2.45, 2.75) is 39.3 Å². The zero-order valence-electron chi connectivity index (χ0n) is 12.6. The van der Waals surface area contributed by atoms with E-state index in [4.69, 9.17) is 4.74 Å². The van der Waals surface area contributed by atoms with Crippen molar-refractivity contribution in [3.8, 4) is 5.75 Å². The molecular weight excluding hydrogens is 346 g/mol. The standard InChI is InChI=1S/C17H20BrNOS/c1-10-8-14(12(3)21-10)11(2)19-16-6-7-20-17-5-4-13(18)9-15(16)17/h4-5,8-9,11,16,19H,6-7H2,1-3H3. The van der Waals surface area contributed by atoms with Crippen LogP contribution >= 0.6 is 27.3 Å². The Balaban J connectivity index is 1.83. The Kier molecular flexibility index (Phi) is 4.38. The van der Waals surface area contributed by atoms with Crippen LogP contribution in [0.4, 0.5) is 0 Å². The average molecular weight is 366 g/mol. The van der Waals surface area contributed by atoms with Crippen LogP contribution < -0.4 is 10.1 Å². The molecule has 0 fully saturated rings. The second kappa shape index (κ2) is 6.11. The number of rotatable bonds is 3. The Bertz CT molecular complexity index is 652. The van der Waals surface area contributed by atoms with Gasteiger partial charge in [0.25, 0.3) is 0 Å². The van der Waals surface area contributed by atoms with Crippen LogP contribution in [0.25, 0.3) is 0 Å². The third kappa shape index (κ3) is 3.17. The highest BCUT2D eigenvalue weighted by molar-refractivity contribution is 9.10. The van der Waals surface area contributed by atoms with E-state index in [2.05, 4.69) is 60.2 Å². The largest absolute Gasteiger partial charge is 0.493 e. The number of halogens is 1. The number of fused-ring (bicyclic) bond motifs is 1. The highest BCUT2D eigenvalue weighted by Gasteiger charge is 2.24. The number of thiophene rings is 1. The molecule has 0 bridgehead atoms. The molecule has 1 aromatic heterocycles. The fourth-order valence-electron chi connectivity index (χ4n) is 3.01. The summed E-state index contributed by atoms with van der Waals surface area (Å²) in [6.07, 6.45) is 1.01. The van der Waals surface area contributed by atoms with Crippen LogP contribution in [0, 0.1) is 13.8 Å². The van der Waals surface area contributed by atoms with Gasteiger partial charge in [-0.15, -0.1) is 11.3 Å². The Morgan fingerprint density at radius 2 is 2.14 bits per heavy atom. The van der Waals surface area contributed by atoms with Gasteiger partial charge in [0.2, 0.25) is 0 Å². The van der Waals surface area contributed by atoms with E-state index in [1.54, 1.807) is 0 Å². The molecule has 4 heteroatoms. The fraction of sp³-hybridized carbons (Fsp3) is 0.412. The van der Waals surface area contributed by atoms with Crippen molar-refractivity contribution in [1.29, 1.82) is 0 Å². The molecule has 0 saturated carbocycles. The summed E-state index contributed by atoms with van der Waals surface area (Å²) in [6, 6.07) is 9.27. The number of hydrogen-bond donors (Lipinski definition) is 1. The van der Waals surface area contributed by atoms with Crippen LogP contribution in [0.3, 0.4) is 0 Å². The monoisotopic (exact) mass is 365 g/mol. The first-order valence-electron chi connectivity index (χ1n) is 7.30. The molecule has 2 unspecified atom stereocenters. The van der Waals surface area contributed by atoms with Crippen molar-refractivity contribution in [3.63, 3.8) is 0 Å². The number of hydrogen-bond acceptors (Lipinski definition) is 3. The van der Waals surface area contributed by atoms with Crippen LogP contribution in [0.1, 0.15) is 46.3 Å². The smallest absolute Gasteiger partial charge is 0.124 e. The van der Waals surface area contributed by atoms with E-state index in [0.717, 1.165) is 23.2 Å². The lowest BCUT2D eigenvalue weighted by Gasteiger charge is -2.29. The van der Waals surface area contributed by atoms with Crippen LogP contribution in [-0.2, 0) is 0 Å². The molecule has 1 N–H and O–H groups in total. The van der Waals surface area contributed by atoms with Gasteiger partial charge in [0.15, 0.2) is 0 Å². The quantitative estimate of drug-likeness (QED) is 0.796. The summed E-state index contributed by atoms with van der Waals surface area (Å²) < 4.78 is 6.87. The molecule has 1 aromatic carbocycles. The maximum Gasteiger partial charge on any atom is 0.124 e. The van der Waals surface area contributed by atoms with Gasteiger partial charge < -0.3 is 10.1 Å². The van der Waals surface area contributed by atoms with Gasteiger partial charge in [-0.2, -0.15) is 0 Å². The molecule has 0 spiro atoms. The molecule has 0 radical (unpaired) electrons. The van der Waals surface area contributed by atoms with Crippen LogP contribution in [0.5, 0.6) is 5.75 Å². The predicted molar refractivity (Wildman–Crippen MR) is 92.3 cm³/mol. The first-order chi connectivity index (χ1) is 10.0. The minimum atomic E-state index is 0.348. The van der Waals surface area contributed by atoms with Gasteiger partial charge >= 0.3 is 0 Å². The van der Waals surface area contributed by atoms with E-state index in [-0.39, 0.29) is 0 Å². The molecule has 21 heavy (non-hydrogen) atoms. The second-order valence-electron chi connectivity index (χ2n) is 5.63. The third-order valence-electron chi connectivity index (χ3n) is 4.01.